The summed E-state index contributed by atoms with van der Waals surface area (Å²) in [6.07, 6.45) is 1.94. The lowest BCUT2D eigenvalue weighted by Gasteiger charge is -2.29. The van der Waals surface area contributed by atoms with Gasteiger partial charge in [-0.25, -0.2) is 4.68 Å². The summed E-state index contributed by atoms with van der Waals surface area (Å²) in [5.74, 6) is 2.15. The largest absolute Gasteiger partial charge is 0.495 e. The van der Waals surface area contributed by atoms with Gasteiger partial charge in [-0.1, -0.05) is 85.2 Å². The number of amides is 1. The molecule has 0 saturated heterocycles. The number of methoxy groups -OCH3 is 1. The SMILES string of the molecule is CCCCOc1ccccc1C1C(C(=O)Nc2ccccc2OC)=C(C)Nc2nc(SCc3ccccc3Cl)nn21. The van der Waals surface area contributed by atoms with Gasteiger partial charge in [0, 0.05) is 22.0 Å². The molecule has 0 fully saturated rings. The Bertz CT molecular complexity index is 1570. The van der Waals surface area contributed by atoms with Crippen molar-refractivity contribution in [3.05, 3.63) is 100 Å². The summed E-state index contributed by atoms with van der Waals surface area (Å²) in [7, 11) is 1.58. The zero-order valence-electron chi connectivity index (χ0n) is 23.2. The molecule has 0 radical (unpaired) electrons. The van der Waals surface area contributed by atoms with E-state index in [1.165, 1.54) is 11.8 Å². The molecule has 1 aliphatic heterocycles. The van der Waals surface area contributed by atoms with Crippen molar-refractivity contribution in [1.82, 2.24) is 14.8 Å². The first-order chi connectivity index (χ1) is 20.0. The third-order valence-electron chi connectivity index (χ3n) is 6.72. The van der Waals surface area contributed by atoms with Crippen LogP contribution in [0.2, 0.25) is 5.02 Å². The normalized spacial score (nSPS) is 14.3. The molecule has 1 aromatic heterocycles. The molecule has 5 rings (SSSR count). The number of nitrogens with one attached hydrogen (secondary N) is 2. The minimum absolute atomic E-state index is 0.278. The zero-order chi connectivity index (χ0) is 28.8. The third kappa shape index (κ3) is 6.36. The van der Waals surface area contributed by atoms with Crippen molar-refractivity contribution in [3.8, 4) is 11.5 Å². The van der Waals surface area contributed by atoms with E-state index in [0.717, 1.165) is 24.0 Å². The summed E-state index contributed by atoms with van der Waals surface area (Å²) >= 11 is 7.86. The van der Waals surface area contributed by atoms with Gasteiger partial charge in [0.1, 0.15) is 17.5 Å². The quantitative estimate of drug-likeness (QED) is 0.140. The van der Waals surface area contributed by atoms with E-state index in [-0.39, 0.29) is 5.91 Å². The number of carbonyl (C=O) groups is 1. The van der Waals surface area contributed by atoms with E-state index >= 15 is 0 Å². The van der Waals surface area contributed by atoms with E-state index < -0.39 is 6.04 Å². The molecule has 41 heavy (non-hydrogen) atoms. The standard InChI is InChI=1S/C31H32ClN5O3S/c1-4-5-18-40-25-16-10-7-13-22(25)28-27(29(38)34-24-15-9-11-17-26(24)39-3)20(2)33-30-35-31(36-37(28)30)41-19-21-12-6-8-14-23(21)32/h6-17,28H,4-5,18-19H2,1-3H3,(H,34,38)(H,33,35,36). The number of hydrogen-bond donors (Lipinski definition) is 2. The average Bonchev–Trinajstić information content (AvgIpc) is 3.39. The molecule has 3 aromatic carbocycles. The summed E-state index contributed by atoms with van der Waals surface area (Å²) in [5, 5.41) is 12.5. The number of benzene rings is 3. The number of unbranched alkanes of at least 4 members (excludes halogenated alkanes) is 1. The van der Waals surface area contributed by atoms with Crippen molar-refractivity contribution < 1.29 is 14.3 Å². The van der Waals surface area contributed by atoms with Gasteiger partial charge < -0.3 is 20.1 Å². The molecule has 10 heteroatoms. The summed E-state index contributed by atoms with van der Waals surface area (Å²) in [6.45, 7) is 4.57. The molecule has 212 valence electrons. The van der Waals surface area contributed by atoms with E-state index in [2.05, 4.69) is 17.6 Å². The van der Waals surface area contributed by atoms with Gasteiger partial charge in [0.05, 0.1) is 25.0 Å². The van der Waals surface area contributed by atoms with Crippen molar-refractivity contribution in [1.29, 1.82) is 0 Å². The van der Waals surface area contributed by atoms with Crippen LogP contribution in [0.15, 0.2) is 89.2 Å². The molecule has 1 atom stereocenters. The topological polar surface area (TPSA) is 90.3 Å². The average molecular weight is 590 g/mol. The summed E-state index contributed by atoms with van der Waals surface area (Å²) in [5.41, 5.74) is 3.57. The van der Waals surface area contributed by atoms with Crippen LogP contribution in [0, 0.1) is 0 Å². The van der Waals surface area contributed by atoms with Crippen LogP contribution in [0.4, 0.5) is 11.6 Å². The Hall–Kier alpha value is -3.95. The van der Waals surface area contributed by atoms with Gasteiger partial charge in [-0.15, -0.1) is 5.10 Å². The molecule has 1 amide bonds. The fraction of sp³-hybridized carbons (Fsp3) is 0.258. The van der Waals surface area contributed by atoms with E-state index in [1.807, 2.05) is 79.7 Å². The lowest BCUT2D eigenvalue weighted by Crippen LogP contribution is -2.32. The van der Waals surface area contributed by atoms with Crippen molar-refractivity contribution in [2.45, 2.75) is 43.6 Å². The molecule has 1 unspecified atom stereocenters. The van der Waals surface area contributed by atoms with Crippen LogP contribution in [-0.4, -0.2) is 34.4 Å². The van der Waals surface area contributed by atoms with Gasteiger partial charge in [0.2, 0.25) is 11.1 Å². The highest BCUT2D eigenvalue weighted by atomic mass is 35.5. The first-order valence-corrected chi connectivity index (χ1v) is 14.8. The fourth-order valence-corrected chi connectivity index (χ4v) is 5.75. The second kappa shape index (κ2) is 13.1. The van der Waals surface area contributed by atoms with Crippen LogP contribution in [0.5, 0.6) is 11.5 Å². The number of para-hydroxylation sites is 3. The third-order valence-corrected chi connectivity index (χ3v) is 7.97. The van der Waals surface area contributed by atoms with Crippen molar-refractivity contribution in [2.75, 3.05) is 24.4 Å². The molecule has 4 aromatic rings. The molecule has 0 bridgehead atoms. The molecule has 0 spiro atoms. The smallest absolute Gasteiger partial charge is 0.255 e. The van der Waals surface area contributed by atoms with Gasteiger partial charge in [-0.3, -0.25) is 4.79 Å². The first kappa shape index (κ1) is 28.6. The maximum absolute atomic E-state index is 14.0. The highest BCUT2D eigenvalue weighted by molar-refractivity contribution is 7.98. The summed E-state index contributed by atoms with van der Waals surface area (Å²) < 4.78 is 13.4. The number of anilines is 2. The number of carbonyl (C=O) groups excluding carboxylic acids is 1. The lowest BCUT2D eigenvalue weighted by molar-refractivity contribution is -0.113. The Balaban J connectivity index is 1.53. The van der Waals surface area contributed by atoms with Gasteiger partial charge in [-0.2, -0.15) is 4.98 Å². The molecular weight excluding hydrogens is 558 g/mol. The molecule has 2 N–H and O–H groups in total. The van der Waals surface area contributed by atoms with Gasteiger partial charge in [-0.05, 0) is 43.2 Å². The minimum atomic E-state index is -0.582. The number of rotatable bonds is 11. The molecule has 0 aliphatic carbocycles. The number of halogens is 1. The number of fused-ring (bicyclic) bond motifs is 1. The highest BCUT2D eigenvalue weighted by Gasteiger charge is 2.36. The Kier molecular flexibility index (Phi) is 9.16. The highest BCUT2D eigenvalue weighted by Crippen LogP contribution is 2.41. The molecule has 0 saturated carbocycles. The predicted octanol–water partition coefficient (Wildman–Crippen LogP) is 7.34. The Morgan fingerprint density at radius 2 is 1.80 bits per heavy atom. The number of nitrogens with zero attached hydrogens (tertiary/aromatic N) is 3. The predicted molar refractivity (Wildman–Crippen MR) is 164 cm³/mol. The number of ether oxygens (including phenoxy) is 2. The van der Waals surface area contributed by atoms with Crippen LogP contribution in [0.1, 0.15) is 43.9 Å². The van der Waals surface area contributed by atoms with Crippen molar-refractivity contribution in [3.63, 3.8) is 0 Å². The van der Waals surface area contributed by atoms with E-state index in [0.29, 0.717) is 56.9 Å². The maximum Gasteiger partial charge on any atom is 0.255 e. The number of allylic oxidation sites excluding steroid dienone is 1. The first-order valence-electron chi connectivity index (χ1n) is 13.5. The van der Waals surface area contributed by atoms with Gasteiger partial charge >= 0.3 is 0 Å². The van der Waals surface area contributed by atoms with E-state index in [4.69, 9.17) is 31.2 Å². The second-order valence-electron chi connectivity index (χ2n) is 9.50. The van der Waals surface area contributed by atoms with Crippen molar-refractivity contribution >= 4 is 40.9 Å². The van der Waals surface area contributed by atoms with Crippen LogP contribution < -0.4 is 20.1 Å². The monoisotopic (exact) mass is 589 g/mol. The van der Waals surface area contributed by atoms with Gasteiger partial charge in [0.15, 0.2) is 0 Å². The fourth-order valence-electron chi connectivity index (χ4n) is 4.63. The Labute approximate surface area is 249 Å². The second-order valence-corrected chi connectivity index (χ2v) is 10.9. The Morgan fingerprint density at radius 1 is 1.07 bits per heavy atom. The summed E-state index contributed by atoms with van der Waals surface area (Å²) in [6, 6.07) is 22.3. The summed E-state index contributed by atoms with van der Waals surface area (Å²) in [4.78, 5) is 18.7. The van der Waals surface area contributed by atoms with E-state index in [1.54, 1.807) is 11.8 Å². The molecule has 2 heterocycles. The lowest BCUT2D eigenvalue weighted by atomic mass is 9.94. The van der Waals surface area contributed by atoms with E-state index in [9.17, 15) is 4.79 Å². The number of hydrogen-bond acceptors (Lipinski definition) is 7. The minimum Gasteiger partial charge on any atom is -0.495 e. The van der Waals surface area contributed by atoms with Crippen molar-refractivity contribution in [2.24, 2.45) is 0 Å². The molecular formula is C31H32ClN5O3S. The molecule has 8 nitrogen and oxygen atoms in total. The van der Waals surface area contributed by atoms with Crippen LogP contribution in [-0.2, 0) is 10.5 Å². The number of aromatic nitrogens is 3. The molecule has 1 aliphatic rings. The zero-order valence-corrected chi connectivity index (χ0v) is 24.8. The van der Waals surface area contributed by atoms with Gasteiger partial charge in [0.25, 0.3) is 5.91 Å². The maximum atomic E-state index is 14.0. The van der Waals surface area contributed by atoms with Crippen LogP contribution in [0.3, 0.4) is 0 Å². The number of thioether (sulfide) groups is 1. The van der Waals surface area contributed by atoms with Crippen LogP contribution >= 0.6 is 23.4 Å². The Morgan fingerprint density at radius 3 is 2.59 bits per heavy atom. The van der Waals surface area contributed by atoms with Crippen LogP contribution in [0.25, 0.3) is 0 Å².